The third-order valence-corrected chi connectivity index (χ3v) is 5.87. The Kier molecular flexibility index (Phi) is 5.05. The molecule has 0 atom stereocenters. The molecule has 0 nitrogen and oxygen atoms in total. The van der Waals surface area contributed by atoms with Crippen LogP contribution >= 0.6 is 0 Å². The van der Waals surface area contributed by atoms with Crippen LogP contribution in [0.15, 0.2) is 30.3 Å². The van der Waals surface area contributed by atoms with Gasteiger partial charge in [-0.15, -0.1) is 0 Å². The van der Waals surface area contributed by atoms with Gasteiger partial charge in [0, 0.05) is 0 Å². The number of halogens is 6. The molecule has 1 fully saturated rings. The molecule has 1 saturated carbocycles. The first-order valence-electron chi connectivity index (χ1n) is 9.52. The average Bonchev–Trinajstić information content (AvgIpc) is 2.65. The van der Waals surface area contributed by atoms with E-state index in [2.05, 4.69) is 6.92 Å². The zero-order valence-corrected chi connectivity index (χ0v) is 15.6. The molecule has 152 valence electrons. The van der Waals surface area contributed by atoms with Crippen LogP contribution in [0.2, 0.25) is 0 Å². The van der Waals surface area contributed by atoms with Gasteiger partial charge in [0.2, 0.25) is 0 Å². The van der Waals surface area contributed by atoms with Gasteiger partial charge in [-0.2, -0.15) is 0 Å². The summed E-state index contributed by atoms with van der Waals surface area (Å²) >= 11 is 0. The molecular formula is C23H18F6. The van der Waals surface area contributed by atoms with Gasteiger partial charge in [-0.05, 0) is 71.5 Å². The van der Waals surface area contributed by atoms with E-state index < -0.39 is 45.9 Å². The zero-order valence-electron chi connectivity index (χ0n) is 15.6. The van der Waals surface area contributed by atoms with Crippen molar-refractivity contribution >= 4 is 10.8 Å². The van der Waals surface area contributed by atoms with Crippen molar-refractivity contribution in [1.29, 1.82) is 0 Å². The minimum Gasteiger partial charge on any atom is -0.206 e. The summed E-state index contributed by atoms with van der Waals surface area (Å²) in [5.74, 6) is -7.30. The molecule has 0 aromatic heterocycles. The summed E-state index contributed by atoms with van der Waals surface area (Å²) in [6.45, 7) is 2.15. The van der Waals surface area contributed by atoms with E-state index in [9.17, 15) is 26.3 Å². The van der Waals surface area contributed by atoms with E-state index in [1.165, 1.54) is 12.1 Å². The molecule has 0 radical (unpaired) electrons. The predicted octanol–water partition coefficient (Wildman–Crippen LogP) is 7.64. The monoisotopic (exact) mass is 408 g/mol. The van der Waals surface area contributed by atoms with Gasteiger partial charge >= 0.3 is 0 Å². The summed E-state index contributed by atoms with van der Waals surface area (Å²) in [6.07, 6.45) is 3.65. The van der Waals surface area contributed by atoms with Gasteiger partial charge in [0.1, 0.15) is 17.5 Å². The molecule has 3 aromatic carbocycles. The highest BCUT2D eigenvalue weighted by Crippen LogP contribution is 2.39. The molecule has 1 aliphatic rings. The first kappa shape index (κ1) is 19.8. The van der Waals surface area contributed by atoms with Crippen molar-refractivity contribution in [3.05, 3.63) is 70.8 Å². The van der Waals surface area contributed by atoms with Gasteiger partial charge < -0.3 is 0 Å². The van der Waals surface area contributed by atoms with Gasteiger partial charge in [-0.1, -0.05) is 19.8 Å². The third-order valence-electron chi connectivity index (χ3n) is 5.87. The first-order valence-corrected chi connectivity index (χ1v) is 9.52. The van der Waals surface area contributed by atoms with Gasteiger partial charge in [-0.3, -0.25) is 0 Å². The standard InChI is InChI=1S/C23H18F6/c1-11-2-4-12(5-3-11)13-7-16(24)20(17(25)8-13)14-6-15-10-19(27)22(28)23(29)21(15)18(26)9-14/h6-12H,2-5H2,1H3. The number of hydrogen-bond acceptors (Lipinski definition) is 0. The maximum atomic E-state index is 14.8. The Balaban J connectivity index is 1.80. The average molecular weight is 408 g/mol. The van der Waals surface area contributed by atoms with Crippen LogP contribution in [0.3, 0.4) is 0 Å². The Morgan fingerprint density at radius 1 is 0.655 bits per heavy atom. The van der Waals surface area contributed by atoms with Crippen LogP contribution in [-0.4, -0.2) is 0 Å². The van der Waals surface area contributed by atoms with E-state index in [0.29, 0.717) is 17.5 Å². The minimum absolute atomic E-state index is 0.0590. The maximum absolute atomic E-state index is 14.8. The molecule has 0 spiro atoms. The first-order chi connectivity index (χ1) is 13.8. The lowest BCUT2D eigenvalue weighted by molar-refractivity contribution is 0.346. The fourth-order valence-electron chi connectivity index (χ4n) is 4.23. The highest BCUT2D eigenvalue weighted by Gasteiger charge is 2.24. The lowest BCUT2D eigenvalue weighted by Gasteiger charge is -2.26. The summed E-state index contributed by atoms with van der Waals surface area (Å²) in [4.78, 5) is 0. The second-order valence-corrected chi connectivity index (χ2v) is 7.86. The Morgan fingerprint density at radius 3 is 1.90 bits per heavy atom. The Morgan fingerprint density at radius 2 is 1.28 bits per heavy atom. The van der Waals surface area contributed by atoms with Gasteiger partial charge in [0.25, 0.3) is 0 Å². The Hall–Kier alpha value is -2.50. The predicted molar refractivity (Wildman–Crippen MR) is 99.5 cm³/mol. The van der Waals surface area contributed by atoms with Crippen molar-refractivity contribution in [3.63, 3.8) is 0 Å². The van der Waals surface area contributed by atoms with Crippen molar-refractivity contribution in [1.82, 2.24) is 0 Å². The van der Waals surface area contributed by atoms with Crippen LogP contribution in [0, 0.1) is 40.8 Å². The fourth-order valence-corrected chi connectivity index (χ4v) is 4.23. The Bertz CT molecular complexity index is 1070. The summed E-state index contributed by atoms with van der Waals surface area (Å²) in [6, 6.07) is 4.87. The van der Waals surface area contributed by atoms with Crippen LogP contribution in [0.1, 0.15) is 44.1 Å². The van der Waals surface area contributed by atoms with E-state index >= 15 is 0 Å². The van der Waals surface area contributed by atoms with Gasteiger partial charge in [-0.25, -0.2) is 26.3 Å². The van der Waals surface area contributed by atoms with E-state index in [4.69, 9.17) is 0 Å². The molecule has 3 aromatic rings. The molecule has 4 rings (SSSR count). The third kappa shape index (κ3) is 3.49. The zero-order chi connectivity index (χ0) is 20.9. The SMILES string of the molecule is CC1CCC(c2cc(F)c(-c3cc(F)c4c(F)c(F)c(F)cc4c3)c(F)c2)CC1. The normalized spacial score (nSPS) is 19.7. The van der Waals surface area contributed by atoms with E-state index in [1.54, 1.807) is 0 Å². The number of benzene rings is 3. The number of rotatable bonds is 2. The van der Waals surface area contributed by atoms with Crippen LogP contribution in [0.25, 0.3) is 21.9 Å². The number of fused-ring (bicyclic) bond motifs is 1. The molecule has 0 N–H and O–H groups in total. The molecular weight excluding hydrogens is 390 g/mol. The molecule has 0 heterocycles. The Labute approximate surface area is 164 Å². The van der Waals surface area contributed by atoms with Crippen molar-refractivity contribution in [2.75, 3.05) is 0 Å². The molecule has 0 bridgehead atoms. The summed E-state index contributed by atoms with van der Waals surface area (Å²) in [5.41, 5.74) is -0.140. The van der Waals surface area contributed by atoms with Crippen LogP contribution in [-0.2, 0) is 0 Å². The lowest BCUT2D eigenvalue weighted by atomic mass is 9.79. The molecule has 0 aliphatic heterocycles. The second-order valence-electron chi connectivity index (χ2n) is 7.86. The molecule has 6 heteroatoms. The quantitative estimate of drug-likeness (QED) is 0.302. The second kappa shape index (κ2) is 7.39. The van der Waals surface area contributed by atoms with Crippen LogP contribution in [0.5, 0.6) is 0 Å². The summed E-state index contributed by atoms with van der Waals surface area (Å²) in [7, 11) is 0. The molecule has 1 aliphatic carbocycles. The molecule has 29 heavy (non-hydrogen) atoms. The van der Waals surface area contributed by atoms with E-state index in [-0.39, 0.29) is 16.9 Å². The van der Waals surface area contributed by atoms with Crippen molar-refractivity contribution in [3.8, 4) is 11.1 Å². The van der Waals surface area contributed by atoms with Crippen LogP contribution < -0.4 is 0 Å². The van der Waals surface area contributed by atoms with Crippen molar-refractivity contribution in [2.45, 2.75) is 38.5 Å². The lowest BCUT2D eigenvalue weighted by Crippen LogP contribution is -2.11. The van der Waals surface area contributed by atoms with Crippen LogP contribution in [0.4, 0.5) is 26.3 Å². The maximum Gasteiger partial charge on any atom is 0.195 e. The molecule has 0 amide bonds. The molecule has 0 saturated heterocycles. The highest BCUT2D eigenvalue weighted by atomic mass is 19.2. The highest BCUT2D eigenvalue weighted by molar-refractivity contribution is 5.88. The van der Waals surface area contributed by atoms with E-state index in [0.717, 1.165) is 37.8 Å². The smallest absolute Gasteiger partial charge is 0.195 e. The summed E-state index contributed by atoms with van der Waals surface area (Å²) < 4.78 is 84.9. The minimum atomic E-state index is -1.80. The fraction of sp³-hybridized carbons (Fsp3) is 0.304. The number of hydrogen-bond donors (Lipinski definition) is 0. The molecule has 0 unspecified atom stereocenters. The largest absolute Gasteiger partial charge is 0.206 e. The van der Waals surface area contributed by atoms with Gasteiger partial charge in [0.15, 0.2) is 17.5 Å². The van der Waals surface area contributed by atoms with E-state index in [1.807, 2.05) is 0 Å². The topological polar surface area (TPSA) is 0 Å². The van der Waals surface area contributed by atoms with Crippen molar-refractivity contribution in [2.24, 2.45) is 5.92 Å². The van der Waals surface area contributed by atoms with Gasteiger partial charge in [0.05, 0.1) is 10.9 Å². The van der Waals surface area contributed by atoms with Crippen molar-refractivity contribution < 1.29 is 26.3 Å². The summed E-state index contributed by atoms with van der Waals surface area (Å²) in [5, 5.41) is -1.08.